The first-order valence-corrected chi connectivity index (χ1v) is 15.5. The third kappa shape index (κ3) is 6.39. The topological polar surface area (TPSA) is 88.4 Å². The highest BCUT2D eigenvalue weighted by Gasteiger charge is 2.36. The van der Waals surface area contributed by atoms with E-state index in [9.17, 15) is 9.59 Å². The number of methoxy groups -OCH3 is 2. The molecule has 8 nitrogen and oxygen atoms in total. The summed E-state index contributed by atoms with van der Waals surface area (Å²) in [5.41, 5.74) is 2.01. The van der Waals surface area contributed by atoms with Gasteiger partial charge in [-0.2, -0.15) is 0 Å². The van der Waals surface area contributed by atoms with Gasteiger partial charge in [0.25, 0.3) is 5.56 Å². The SMILES string of the molecule is C#CCOc1c(I)cc(/C=c2/sc3n(c2=O)[C@H](c2cc(Br)ccc2OC)C(C(=O)OCC)=C(CCC)N=3)cc1OC. The van der Waals surface area contributed by atoms with E-state index in [0.717, 1.165) is 20.0 Å². The first-order valence-electron chi connectivity index (χ1n) is 12.8. The number of terminal acetylenes is 1. The second-order valence-electron chi connectivity index (χ2n) is 8.83. The lowest BCUT2D eigenvalue weighted by molar-refractivity contribution is -0.139. The number of ether oxygens (including phenoxy) is 4. The van der Waals surface area contributed by atoms with Gasteiger partial charge < -0.3 is 18.9 Å². The Morgan fingerprint density at radius 3 is 2.63 bits per heavy atom. The Kier molecular flexibility index (Phi) is 10.3. The zero-order valence-electron chi connectivity index (χ0n) is 23.0. The fraction of sp³-hybridized carbons (Fsp3) is 0.300. The zero-order valence-corrected chi connectivity index (χ0v) is 27.5. The summed E-state index contributed by atoms with van der Waals surface area (Å²) in [6.45, 7) is 4.06. The van der Waals surface area contributed by atoms with Gasteiger partial charge in [-0.05, 0) is 77.9 Å². The van der Waals surface area contributed by atoms with Crippen molar-refractivity contribution in [3.05, 3.63) is 80.5 Å². The monoisotopic (exact) mass is 750 g/mol. The van der Waals surface area contributed by atoms with Crippen LogP contribution in [0.3, 0.4) is 0 Å². The fourth-order valence-corrected chi connectivity index (χ4v) is 6.74. The van der Waals surface area contributed by atoms with Crippen LogP contribution in [0.15, 0.2) is 55.9 Å². The standard InChI is InChI=1S/C30H28BrIN2O6S/c1-6-9-21-25(29(36)39-8-3)26(19-16-18(31)10-11-22(19)37-4)34-28(35)24(41-30(34)33-21)15-17-13-20(32)27(40-12-7-2)23(14-17)38-5/h2,10-11,13-16,26H,6,8-9,12H2,1,3-5H3/b24-15+/t26-/m1/s1. The lowest BCUT2D eigenvalue weighted by Crippen LogP contribution is -2.40. The number of hydrogen-bond acceptors (Lipinski definition) is 8. The second-order valence-corrected chi connectivity index (χ2v) is 11.9. The lowest BCUT2D eigenvalue weighted by atomic mass is 9.93. The average molecular weight is 751 g/mol. The van der Waals surface area contributed by atoms with Gasteiger partial charge in [-0.1, -0.05) is 46.5 Å². The third-order valence-electron chi connectivity index (χ3n) is 6.23. The molecule has 0 spiro atoms. The number of benzene rings is 2. The quantitative estimate of drug-likeness (QED) is 0.165. The van der Waals surface area contributed by atoms with Gasteiger partial charge in [0, 0.05) is 10.0 Å². The molecule has 214 valence electrons. The summed E-state index contributed by atoms with van der Waals surface area (Å²) in [6.07, 6.45) is 8.43. The number of carbonyl (C=O) groups excluding carboxylic acids is 1. The van der Waals surface area contributed by atoms with Crippen LogP contribution in [0.4, 0.5) is 0 Å². The van der Waals surface area contributed by atoms with Crippen LogP contribution in [0.2, 0.25) is 0 Å². The zero-order chi connectivity index (χ0) is 29.7. The summed E-state index contributed by atoms with van der Waals surface area (Å²) >= 11 is 6.94. The molecule has 0 saturated carbocycles. The average Bonchev–Trinajstić information content (AvgIpc) is 3.25. The van der Waals surface area contributed by atoms with E-state index >= 15 is 0 Å². The van der Waals surface area contributed by atoms with Gasteiger partial charge in [0.2, 0.25) is 0 Å². The third-order valence-corrected chi connectivity index (χ3v) is 8.51. The normalized spacial score (nSPS) is 14.7. The number of carbonyl (C=O) groups is 1. The maximum absolute atomic E-state index is 14.1. The largest absolute Gasteiger partial charge is 0.496 e. The summed E-state index contributed by atoms with van der Waals surface area (Å²) in [5, 5.41) is 0. The molecule has 2 aromatic carbocycles. The molecule has 0 amide bonds. The molecule has 0 radical (unpaired) electrons. The number of allylic oxidation sites excluding steroid dienone is 1. The number of thiazole rings is 1. The van der Waals surface area contributed by atoms with E-state index in [1.165, 1.54) is 11.3 Å². The summed E-state index contributed by atoms with van der Waals surface area (Å²) in [6, 6.07) is 8.38. The molecule has 0 bridgehead atoms. The Labute approximate surface area is 264 Å². The molecule has 1 aromatic heterocycles. The van der Waals surface area contributed by atoms with E-state index in [4.69, 9.17) is 30.4 Å². The van der Waals surface area contributed by atoms with E-state index in [2.05, 4.69) is 44.4 Å². The summed E-state index contributed by atoms with van der Waals surface area (Å²) < 4.78 is 25.9. The molecule has 0 fully saturated rings. The first kappa shape index (κ1) is 30.9. The predicted octanol–water partition coefficient (Wildman–Crippen LogP) is 4.97. The van der Waals surface area contributed by atoms with Crippen molar-refractivity contribution in [3.8, 4) is 29.6 Å². The minimum absolute atomic E-state index is 0.103. The van der Waals surface area contributed by atoms with E-state index in [0.29, 0.717) is 49.8 Å². The second kappa shape index (κ2) is 13.7. The molecule has 3 aromatic rings. The van der Waals surface area contributed by atoms with Crippen LogP contribution in [-0.4, -0.2) is 38.0 Å². The van der Waals surface area contributed by atoms with E-state index in [1.54, 1.807) is 43.9 Å². The molecule has 0 aliphatic carbocycles. The van der Waals surface area contributed by atoms with Crippen LogP contribution in [-0.2, 0) is 9.53 Å². The van der Waals surface area contributed by atoms with Gasteiger partial charge in [-0.25, -0.2) is 9.79 Å². The summed E-state index contributed by atoms with van der Waals surface area (Å²) in [5.74, 6) is 3.51. The Bertz CT molecular complexity index is 1740. The van der Waals surface area contributed by atoms with Gasteiger partial charge in [0.15, 0.2) is 16.3 Å². The highest BCUT2D eigenvalue weighted by Crippen LogP contribution is 2.38. The van der Waals surface area contributed by atoms with Crippen molar-refractivity contribution < 1.29 is 23.7 Å². The van der Waals surface area contributed by atoms with Gasteiger partial charge in [-0.15, -0.1) is 6.42 Å². The van der Waals surface area contributed by atoms with Crippen molar-refractivity contribution in [2.45, 2.75) is 32.7 Å². The summed E-state index contributed by atoms with van der Waals surface area (Å²) in [7, 11) is 3.10. The predicted molar refractivity (Wildman–Crippen MR) is 170 cm³/mol. The number of hydrogen-bond donors (Lipinski definition) is 0. The van der Waals surface area contributed by atoms with Crippen LogP contribution in [0.5, 0.6) is 17.2 Å². The molecular weight excluding hydrogens is 723 g/mol. The molecule has 2 heterocycles. The minimum atomic E-state index is -0.796. The Balaban J connectivity index is 2.00. The number of esters is 1. The molecule has 0 unspecified atom stereocenters. The van der Waals surface area contributed by atoms with Gasteiger partial charge >= 0.3 is 5.97 Å². The van der Waals surface area contributed by atoms with E-state index < -0.39 is 12.0 Å². The van der Waals surface area contributed by atoms with Crippen molar-refractivity contribution in [1.29, 1.82) is 0 Å². The van der Waals surface area contributed by atoms with Crippen molar-refractivity contribution in [2.24, 2.45) is 4.99 Å². The maximum Gasteiger partial charge on any atom is 0.338 e. The maximum atomic E-state index is 14.1. The molecule has 0 N–H and O–H groups in total. The molecular formula is C30H28BrIN2O6S. The van der Waals surface area contributed by atoms with E-state index in [1.807, 2.05) is 25.1 Å². The number of fused-ring (bicyclic) bond motifs is 1. The molecule has 1 atom stereocenters. The highest BCUT2D eigenvalue weighted by atomic mass is 127. The van der Waals surface area contributed by atoms with Crippen LogP contribution in [0, 0.1) is 15.9 Å². The van der Waals surface area contributed by atoms with Crippen molar-refractivity contribution in [2.75, 3.05) is 27.4 Å². The smallest absolute Gasteiger partial charge is 0.338 e. The number of nitrogens with zero attached hydrogens (tertiary/aromatic N) is 2. The van der Waals surface area contributed by atoms with E-state index in [-0.39, 0.29) is 18.8 Å². The van der Waals surface area contributed by atoms with Crippen molar-refractivity contribution in [1.82, 2.24) is 4.57 Å². The lowest BCUT2D eigenvalue weighted by Gasteiger charge is -2.27. The number of rotatable bonds is 10. The number of halogens is 2. The van der Waals surface area contributed by atoms with Crippen LogP contribution in [0.25, 0.3) is 6.08 Å². The van der Waals surface area contributed by atoms with Crippen molar-refractivity contribution in [3.63, 3.8) is 0 Å². The summed E-state index contributed by atoms with van der Waals surface area (Å²) in [4.78, 5) is 32.8. The van der Waals surface area contributed by atoms with Crippen molar-refractivity contribution >= 4 is 61.9 Å². The Morgan fingerprint density at radius 2 is 1.98 bits per heavy atom. The highest BCUT2D eigenvalue weighted by molar-refractivity contribution is 14.1. The van der Waals surface area contributed by atoms with Crippen LogP contribution in [0.1, 0.15) is 43.9 Å². The molecule has 1 aliphatic rings. The molecule has 4 rings (SSSR count). The van der Waals surface area contributed by atoms with Gasteiger partial charge in [0.05, 0.1) is 40.2 Å². The molecule has 11 heteroatoms. The van der Waals surface area contributed by atoms with Gasteiger partial charge in [-0.3, -0.25) is 9.36 Å². The Hall–Kier alpha value is -3.08. The van der Waals surface area contributed by atoms with Crippen LogP contribution >= 0.6 is 49.9 Å². The number of aromatic nitrogens is 1. The minimum Gasteiger partial charge on any atom is -0.496 e. The molecule has 0 saturated heterocycles. The van der Waals surface area contributed by atoms with Crippen LogP contribution < -0.4 is 29.1 Å². The first-order chi connectivity index (χ1) is 19.8. The molecule has 1 aliphatic heterocycles. The fourth-order valence-electron chi connectivity index (χ4n) is 4.56. The van der Waals surface area contributed by atoms with Gasteiger partial charge in [0.1, 0.15) is 18.4 Å². The Morgan fingerprint density at radius 1 is 1.22 bits per heavy atom. The molecule has 41 heavy (non-hydrogen) atoms.